The number of carbonyl (C=O) groups is 1. The lowest BCUT2D eigenvalue weighted by Gasteiger charge is -2.28. The highest BCUT2D eigenvalue weighted by atomic mass is 16.5. The number of ether oxygens (including phenoxy) is 2. The maximum Gasteiger partial charge on any atom is 0.255 e. The highest BCUT2D eigenvalue weighted by Crippen LogP contribution is 2.23. The fourth-order valence-electron chi connectivity index (χ4n) is 2.22. The average Bonchev–Trinajstić information content (AvgIpc) is 2.39. The van der Waals surface area contributed by atoms with E-state index in [0.717, 1.165) is 12.8 Å². The summed E-state index contributed by atoms with van der Waals surface area (Å²) in [6.45, 7) is 2.64. The Labute approximate surface area is 112 Å². The Hall–Kier alpha value is -1.75. The summed E-state index contributed by atoms with van der Waals surface area (Å²) in [6.07, 6.45) is 1.73. The second kappa shape index (κ2) is 5.93. The number of phenols is 1. The van der Waals surface area contributed by atoms with Crippen molar-refractivity contribution >= 4 is 5.91 Å². The molecule has 0 saturated carbocycles. The Morgan fingerprint density at radius 1 is 1.53 bits per heavy atom. The van der Waals surface area contributed by atoms with Crippen LogP contribution in [0.4, 0.5) is 0 Å². The van der Waals surface area contributed by atoms with Crippen LogP contribution in [-0.4, -0.2) is 36.9 Å². The van der Waals surface area contributed by atoms with Crippen LogP contribution in [0.3, 0.4) is 0 Å². The van der Waals surface area contributed by atoms with Crippen molar-refractivity contribution in [3.63, 3.8) is 0 Å². The standard InChI is InChI=1S/C14H19NO4/c1-9-7-10(5-6-19-9)15-14(17)12-8-11(18-2)3-4-13(12)16/h3-4,8-10,16H,5-7H2,1-2H3,(H,15,17). The van der Waals surface area contributed by atoms with E-state index in [1.54, 1.807) is 6.07 Å². The fourth-order valence-corrected chi connectivity index (χ4v) is 2.22. The minimum absolute atomic E-state index is 0.0431. The lowest BCUT2D eigenvalue weighted by molar-refractivity contribution is 0.0136. The zero-order valence-corrected chi connectivity index (χ0v) is 11.2. The molecule has 0 aromatic heterocycles. The van der Waals surface area contributed by atoms with Crippen LogP contribution >= 0.6 is 0 Å². The predicted octanol–water partition coefficient (Wildman–Crippen LogP) is 1.70. The first-order valence-electron chi connectivity index (χ1n) is 6.39. The second-order valence-corrected chi connectivity index (χ2v) is 4.76. The van der Waals surface area contributed by atoms with Crippen molar-refractivity contribution in [2.45, 2.75) is 31.9 Å². The van der Waals surface area contributed by atoms with Crippen molar-refractivity contribution in [3.8, 4) is 11.5 Å². The molecule has 1 amide bonds. The monoisotopic (exact) mass is 265 g/mol. The largest absolute Gasteiger partial charge is 0.507 e. The molecule has 19 heavy (non-hydrogen) atoms. The Bertz CT molecular complexity index is 461. The summed E-state index contributed by atoms with van der Waals surface area (Å²) in [4.78, 5) is 12.1. The van der Waals surface area contributed by atoms with Gasteiger partial charge in [-0.25, -0.2) is 0 Å². The number of methoxy groups -OCH3 is 1. The highest BCUT2D eigenvalue weighted by molar-refractivity contribution is 5.97. The molecule has 1 heterocycles. The van der Waals surface area contributed by atoms with E-state index in [0.29, 0.717) is 12.4 Å². The third-order valence-electron chi connectivity index (χ3n) is 3.27. The number of benzene rings is 1. The number of phenolic OH excluding ortho intramolecular Hbond substituents is 1. The molecule has 5 nitrogen and oxygen atoms in total. The van der Waals surface area contributed by atoms with E-state index in [1.165, 1.54) is 19.2 Å². The van der Waals surface area contributed by atoms with Crippen molar-refractivity contribution in [1.82, 2.24) is 5.32 Å². The van der Waals surface area contributed by atoms with Crippen molar-refractivity contribution in [2.24, 2.45) is 0 Å². The summed E-state index contributed by atoms with van der Waals surface area (Å²) in [5, 5.41) is 12.7. The molecule has 0 spiro atoms. The molecule has 1 aromatic carbocycles. The van der Waals surface area contributed by atoms with Gasteiger partial charge < -0.3 is 19.9 Å². The lowest BCUT2D eigenvalue weighted by Crippen LogP contribution is -2.41. The van der Waals surface area contributed by atoms with Crippen molar-refractivity contribution in [2.75, 3.05) is 13.7 Å². The van der Waals surface area contributed by atoms with Gasteiger partial charge in [0.1, 0.15) is 11.5 Å². The topological polar surface area (TPSA) is 67.8 Å². The van der Waals surface area contributed by atoms with Gasteiger partial charge in [-0.1, -0.05) is 0 Å². The maximum absolute atomic E-state index is 12.1. The molecule has 1 aliphatic heterocycles. The molecule has 1 aromatic rings. The van der Waals surface area contributed by atoms with Gasteiger partial charge in [0.2, 0.25) is 0 Å². The molecule has 0 bridgehead atoms. The summed E-state index contributed by atoms with van der Waals surface area (Å²) in [6, 6.07) is 4.69. The van der Waals surface area contributed by atoms with E-state index >= 15 is 0 Å². The summed E-state index contributed by atoms with van der Waals surface area (Å²) >= 11 is 0. The van der Waals surface area contributed by atoms with Gasteiger partial charge in [0, 0.05) is 12.6 Å². The van der Waals surface area contributed by atoms with Crippen LogP contribution in [0, 0.1) is 0 Å². The molecule has 0 aliphatic carbocycles. The molecule has 2 N–H and O–H groups in total. The van der Waals surface area contributed by atoms with E-state index in [2.05, 4.69) is 5.32 Å². The molecule has 5 heteroatoms. The van der Waals surface area contributed by atoms with E-state index in [9.17, 15) is 9.90 Å². The Balaban J connectivity index is 2.06. The number of amides is 1. The minimum Gasteiger partial charge on any atom is -0.507 e. The van der Waals surface area contributed by atoms with Crippen molar-refractivity contribution in [1.29, 1.82) is 0 Å². The highest BCUT2D eigenvalue weighted by Gasteiger charge is 2.22. The molecular formula is C14H19NO4. The van der Waals surface area contributed by atoms with Gasteiger partial charge >= 0.3 is 0 Å². The lowest BCUT2D eigenvalue weighted by atomic mass is 10.0. The van der Waals surface area contributed by atoms with Crippen molar-refractivity contribution < 1.29 is 19.4 Å². The molecule has 0 radical (unpaired) electrons. The van der Waals surface area contributed by atoms with Gasteiger partial charge in [-0.2, -0.15) is 0 Å². The van der Waals surface area contributed by atoms with Crippen molar-refractivity contribution in [3.05, 3.63) is 23.8 Å². The SMILES string of the molecule is COc1ccc(O)c(C(=O)NC2CCOC(C)C2)c1. The molecular weight excluding hydrogens is 246 g/mol. The van der Waals surface area contributed by atoms with Crippen LogP contribution in [-0.2, 0) is 4.74 Å². The Morgan fingerprint density at radius 3 is 3.00 bits per heavy atom. The fraction of sp³-hybridized carbons (Fsp3) is 0.500. The van der Waals surface area contributed by atoms with Crippen LogP contribution in [0.25, 0.3) is 0 Å². The van der Waals surface area contributed by atoms with Gasteiger partial charge in [0.05, 0.1) is 18.8 Å². The zero-order chi connectivity index (χ0) is 13.8. The number of rotatable bonds is 3. The van der Waals surface area contributed by atoms with Gasteiger partial charge in [0.25, 0.3) is 5.91 Å². The number of nitrogens with one attached hydrogen (secondary N) is 1. The molecule has 2 atom stereocenters. The summed E-state index contributed by atoms with van der Waals surface area (Å²) in [5.74, 6) is 0.220. The smallest absolute Gasteiger partial charge is 0.255 e. The Morgan fingerprint density at radius 2 is 2.32 bits per heavy atom. The predicted molar refractivity (Wildman–Crippen MR) is 70.6 cm³/mol. The van der Waals surface area contributed by atoms with Crippen LogP contribution in [0.5, 0.6) is 11.5 Å². The third kappa shape index (κ3) is 3.38. The first-order valence-corrected chi connectivity index (χ1v) is 6.39. The summed E-state index contributed by atoms with van der Waals surface area (Å²) < 4.78 is 10.5. The first kappa shape index (κ1) is 13.7. The molecule has 1 fully saturated rings. The van der Waals surface area contributed by atoms with Crippen LogP contribution < -0.4 is 10.1 Å². The number of aromatic hydroxyl groups is 1. The minimum atomic E-state index is -0.282. The zero-order valence-electron chi connectivity index (χ0n) is 11.2. The molecule has 2 rings (SSSR count). The molecule has 1 aliphatic rings. The van der Waals surface area contributed by atoms with Crippen LogP contribution in [0.1, 0.15) is 30.1 Å². The normalized spacial score (nSPS) is 22.8. The van der Waals surface area contributed by atoms with Gasteiger partial charge in [0.15, 0.2) is 0 Å². The van der Waals surface area contributed by atoms with Crippen LogP contribution in [0.2, 0.25) is 0 Å². The van der Waals surface area contributed by atoms with Gasteiger partial charge in [-0.05, 0) is 38.0 Å². The summed E-state index contributed by atoms with van der Waals surface area (Å²) in [5.41, 5.74) is 0.235. The number of hydrogen-bond donors (Lipinski definition) is 2. The number of carbonyl (C=O) groups excluding carboxylic acids is 1. The van der Waals surface area contributed by atoms with Gasteiger partial charge in [-0.15, -0.1) is 0 Å². The van der Waals surface area contributed by atoms with E-state index in [1.807, 2.05) is 6.92 Å². The van der Waals surface area contributed by atoms with E-state index < -0.39 is 0 Å². The molecule has 2 unspecified atom stereocenters. The van der Waals surface area contributed by atoms with Gasteiger partial charge in [-0.3, -0.25) is 4.79 Å². The third-order valence-corrected chi connectivity index (χ3v) is 3.27. The van der Waals surface area contributed by atoms with E-state index in [-0.39, 0.29) is 29.4 Å². The summed E-state index contributed by atoms with van der Waals surface area (Å²) in [7, 11) is 1.52. The maximum atomic E-state index is 12.1. The molecule has 104 valence electrons. The first-order chi connectivity index (χ1) is 9.10. The quantitative estimate of drug-likeness (QED) is 0.873. The molecule has 1 saturated heterocycles. The number of hydrogen-bond acceptors (Lipinski definition) is 4. The second-order valence-electron chi connectivity index (χ2n) is 4.76. The van der Waals surface area contributed by atoms with E-state index in [4.69, 9.17) is 9.47 Å². The average molecular weight is 265 g/mol. The Kier molecular flexibility index (Phi) is 4.27. The van der Waals surface area contributed by atoms with Crippen LogP contribution in [0.15, 0.2) is 18.2 Å².